The fourth-order valence-corrected chi connectivity index (χ4v) is 2.51. The molecule has 1 aromatic heterocycles. The molecule has 96 valence electrons. The molecule has 2 aromatic rings. The highest BCUT2D eigenvalue weighted by molar-refractivity contribution is 5.72. The zero-order chi connectivity index (χ0) is 12.5. The molecule has 2 heterocycles. The van der Waals surface area contributed by atoms with Crippen molar-refractivity contribution >= 4 is 11.1 Å². The molecule has 0 spiro atoms. The Hall–Kier alpha value is -1.59. The second-order valence-electron chi connectivity index (χ2n) is 4.78. The van der Waals surface area contributed by atoms with Gasteiger partial charge in [-0.2, -0.15) is 0 Å². The molecule has 1 aliphatic heterocycles. The molecule has 0 radical (unpaired) electrons. The first kappa shape index (κ1) is 11.5. The molecule has 0 amide bonds. The summed E-state index contributed by atoms with van der Waals surface area (Å²) < 4.78 is 6.80. The van der Waals surface area contributed by atoms with Crippen molar-refractivity contribution in [1.29, 1.82) is 0 Å². The maximum atomic E-state index is 11.8. The van der Waals surface area contributed by atoms with Gasteiger partial charge in [-0.25, -0.2) is 4.79 Å². The van der Waals surface area contributed by atoms with Gasteiger partial charge in [0.2, 0.25) is 0 Å². The molecule has 1 fully saturated rings. The summed E-state index contributed by atoms with van der Waals surface area (Å²) in [5.74, 6) is -0.337. The summed E-state index contributed by atoms with van der Waals surface area (Å²) in [4.78, 5) is 13.9. The number of hydrogen-bond donors (Lipinski definition) is 1. The number of aliphatic hydroxyl groups excluding tert-OH is 1. The summed E-state index contributed by atoms with van der Waals surface area (Å²) in [6, 6.07) is 7.40. The predicted octanol–water partition coefficient (Wildman–Crippen LogP) is 1.01. The number of oxazole rings is 1. The zero-order valence-electron chi connectivity index (χ0n) is 10.1. The average Bonchev–Trinajstić information content (AvgIpc) is 2.66. The van der Waals surface area contributed by atoms with Crippen LogP contribution in [0.25, 0.3) is 11.1 Å². The van der Waals surface area contributed by atoms with E-state index in [9.17, 15) is 9.90 Å². The molecule has 1 N–H and O–H groups in total. The Kier molecular flexibility index (Phi) is 2.93. The van der Waals surface area contributed by atoms with Crippen molar-refractivity contribution in [3.8, 4) is 0 Å². The lowest BCUT2D eigenvalue weighted by atomic mass is 10.1. The first-order chi connectivity index (χ1) is 8.74. The van der Waals surface area contributed by atoms with Crippen LogP contribution in [0, 0.1) is 0 Å². The molecular formula is C13H16N2O3. The molecule has 0 unspecified atom stereocenters. The molecule has 3 rings (SSSR count). The summed E-state index contributed by atoms with van der Waals surface area (Å²) >= 11 is 0. The van der Waals surface area contributed by atoms with E-state index in [1.165, 1.54) is 0 Å². The van der Waals surface area contributed by atoms with Gasteiger partial charge >= 0.3 is 5.76 Å². The van der Waals surface area contributed by atoms with Gasteiger partial charge in [0, 0.05) is 13.1 Å². The Labute approximate surface area is 104 Å². The summed E-state index contributed by atoms with van der Waals surface area (Å²) in [5, 5.41) is 9.64. The van der Waals surface area contributed by atoms with Crippen LogP contribution in [0.1, 0.15) is 12.8 Å². The number of likely N-dealkylation sites (tertiary alicyclic amines) is 1. The topological polar surface area (TPSA) is 58.6 Å². The van der Waals surface area contributed by atoms with E-state index < -0.39 is 0 Å². The molecule has 1 atom stereocenters. The van der Waals surface area contributed by atoms with Crippen molar-refractivity contribution < 1.29 is 9.52 Å². The minimum atomic E-state index is -0.337. The second kappa shape index (κ2) is 4.59. The van der Waals surface area contributed by atoms with Crippen LogP contribution in [-0.4, -0.2) is 33.8 Å². The Morgan fingerprint density at radius 2 is 2.22 bits per heavy atom. The standard InChI is InChI=1S/C13H16N2O3/c16-10-4-3-7-14(8-10)9-15-11-5-1-2-6-12(11)18-13(15)17/h1-2,5-6,10,16H,3-4,7-9H2/t10-/m1/s1. The molecule has 1 saturated heterocycles. The number of para-hydroxylation sites is 2. The number of aromatic nitrogens is 1. The van der Waals surface area contributed by atoms with E-state index in [0.717, 1.165) is 24.9 Å². The molecule has 0 bridgehead atoms. The zero-order valence-corrected chi connectivity index (χ0v) is 10.1. The van der Waals surface area contributed by atoms with Crippen molar-refractivity contribution in [2.24, 2.45) is 0 Å². The van der Waals surface area contributed by atoms with Crippen LogP contribution in [0.3, 0.4) is 0 Å². The van der Waals surface area contributed by atoms with Crippen LogP contribution >= 0.6 is 0 Å². The van der Waals surface area contributed by atoms with E-state index in [0.29, 0.717) is 18.8 Å². The molecule has 5 heteroatoms. The van der Waals surface area contributed by atoms with E-state index >= 15 is 0 Å². The van der Waals surface area contributed by atoms with E-state index in [-0.39, 0.29) is 11.9 Å². The molecular weight excluding hydrogens is 232 g/mol. The number of benzene rings is 1. The molecule has 1 aliphatic rings. The smallest absolute Gasteiger partial charge is 0.408 e. The van der Waals surface area contributed by atoms with Gasteiger partial charge in [0.05, 0.1) is 18.3 Å². The van der Waals surface area contributed by atoms with Crippen LogP contribution in [0.4, 0.5) is 0 Å². The highest BCUT2D eigenvalue weighted by Crippen LogP contribution is 2.15. The van der Waals surface area contributed by atoms with Crippen molar-refractivity contribution in [3.63, 3.8) is 0 Å². The largest absolute Gasteiger partial charge is 0.421 e. The number of piperidine rings is 1. The Bertz CT molecular complexity index is 602. The third kappa shape index (κ3) is 2.07. The number of aliphatic hydroxyl groups is 1. The molecule has 18 heavy (non-hydrogen) atoms. The molecule has 0 saturated carbocycles. The fraction of sp³-hybridized carbons (Fsp3) is 0.462. The predicted molar refractivity (Wildman–Crippen MR) is 67.3 cm³/mol. The Balaban J connectivity index is 1.90. The maximum Gasteiger partial charge on any atom is 0.421 e. The van der Waals surface area contributed by atoms with E-state index in [2.05, 4.69) is 4.90 Å². The highest BCUT2D eigenvalue weighted by atomic mass is 16.4. The first-order valence-corrected chi connectivity index (χ1v) is 6.23. The van der Waals surface area contributed by atoms with Crippen LogP contribution in [-0.2, 0) is 6.67 Å². The van der Waals surface area contributed by atoms with Gasteiger partial charge in [-0.05, 0) is 25.0 Å². The van der Waals surface area contributed by atoms with Crippen molar-refractivity contribution in [1.82, 2.24) is 9.47 Å². The van der Waals surface area contributed by atoms with E-state index in [4.69, 9.17) is 4.42 Å². The molecule has 0 aliphatic carbocycles. The van der Waals surface area contributed by atoms with E-state index in [1.807, 2.05) is 18.2 Å². The lowest BCUT2D eigenvalue weighted by Gasteiger charge is -2.29. The minimum absolute atomic E-state index is 0.285. The summed E-state index contributed by atoms with van der Waals surface area (Å²) in [7, 11) is 0. The SMILES string of the molecule is O=c1oc2ccccc2n1CN1CCC[C@@H](O)C1. The van der Waals surface area contributed by atoms with Gasteiger partial charge in [-0.3, -0.25) is 9.47 Å². The number of nitrogens with zero attached hydrogens (tertiary/aromatic N) is 2. The Morgan fingerprint density at radius 3 is 3.06 bits per heavy atom. The quantitative estimate of drug-likeness (QED) is 0.861. The van der Waals surface area contributed by atoms with Crippen LogP contribution in [0.2, 0.25) is 0 Å². The van der Waals surface area contributed by atoms with E-state index in [1.54, 1.807) is 10.6 Å². The fourth-order valence-electron chi connectivity index (χ4n) is 2.51. The summed E-state index contributed by atoms with van der Waals surface area (Å²) in [5.41, 5.74) is 1.42. The van der Waals surface area contributed by atoms with Crippen LogP contribution in [0.15, 0.2) is 33.5 Å². The normalized spacial score (nSPS) is 21.5. The third-order valence-electron chi connectivity index (χ3n) is 3.40. The van der Waals surface area contributed by atoms with Crippen LogP contribution < -0.4 is 5.76 Å². The van der Waals surface area contributed by atoms with Crippen molar-refractivity contribution in [3.05, 3.63) is 34.8 Å². The number of β-amino-alcohol motifs (C(OH)–C–C–N with tert-alkyl or cyclic N) is 1. The van der Waals surface area contributed by atoms with Crippen molar-refractivity contribution in [2.45, 2.75) is 25.6 Å². The third-order valence-corrected chi connectivity index (χ3v) is 3.40. The lowest BCUT2D eigenvalue weighted by Crippen LogP contribution is -2.40. The highest BCUT2D eigenvalue weighted by Gasteiger charge is 2.19. The van der Waals surface area contributed by atoms with Crippen LogP contribution in [0.5, 0.6) is 0 Å². The number of fused-ring (bicyclic) bond motifs is 1. The number of hydrogen-bond acceptors (Lipinski definition) is 4. The first-order valence-electron chi connectivity index (χ1n) is 6.23. The van der Waals surface area contributed by atoms with Gasteiger partial charge in [0.15, 0.2) is 5.58 Å². The number of rotatable bonds is 2. The van der Waals surface area contributed by atoms with Gasteiger partial charge in [-0.15, -0.1) is 0 Å². The lowest BCUT2D eigenvalue weighted by molar-refractivity contribution is 0.0537. The molecule has 1 aromatic carbocycles. The summed E-state index contributed by atoms with van der Waals surface area (Å²) in [6.45, 7) is 2.00. The summed E-state index contributed by atoms with van der Waals surface area (Å²) in [6.07, 6.45) is 1.52. The van der Waals surface area contributed by atoms with Gasteiger partial charge in [0.1, 0.15) is 0 Å². The van der Waals surface area contributed by atoms with Gasteiger partial charge in [0.25, 0.3) is 0 Å². The maximum absolute atomic E-state index is 11.8. The average molecular weight is 248 g/mol. The Morgan fingerprint density at radius 1 is 1.39 bits per heavy atom. The van der Waals surface area contributed by atoms with Gasteiger partial charge in [-0.1, -0.05) is 12.1 Å². The second-order valence-corrected chi connectivity index (χ2v) is 4.78. The molecule has 5 nitrogen and oxygen atoms in total. The minimum Gasteiger partial charge on any atom is -0.408 e. The van der Waals surface area contributed by atoms with Crippen molar-refractivity contribution in [2.75, 3.05) is 13.1 Å². The van der Waals surface area contributed by atoms with Gasteiger partial charge < -0.3 is 9.52 Å². The monoisotopic (exact) mass is 248 g/mol.